The molecule has 0 aliphatic carbocycles. The summed E-state index contributed by atoms with van der Waals surface area (Å²) < 4.78 is 5.18. The summed E-state index contributed by atoms with van der Waals surface area (Å²) in [6.07, 6.45) is 0.333. The number of furan rings is 1. The molecule has 0 bridgehead atoms. The van der Waals surface area contributed by atoms with E-state index in [9.17, 15) is 9.90 Å². The van der Waals surface area contributed by atoms with Crippen molar-refractivity contribution < 1.29 is 19.4 Å². The minimum Gasteiger partial charge on any atom is -0.475 e. The zero-order valence-corrected chi connectivity index (χ0v) is 11.0. The molecule has 0 saturated heterocycles. The fraction of sp³-hybridized carbons (Fsp3) is 0.615. The van der Waals surface area contributed by atoms with Crippen LogP contribution in [0.2, 0.25) is 0 Å². The zero-order chi connectivity index (χ0) is 13.7. The number of carboxylic acids is 1. The van der Waals surface area contributed by atoms with Crippen molar-refractivity contribution in [1.29, 1.82) is 0 Å². The van der Waals surface area contributed by atoms with Gasteiger partial charge in [-0.15, -0.1) is 0 Å². The Bertz CT molecular complexity index is 386. The van der Waals surface area contributed by atoms with Crippen LogP contribution in [0.15, 0.2) is 16.5 Å². The molecule has 3 N–H and O–H groups in total. The van der Waals surface area contributed by atoms with E-state index in [0.717, 1.165) is 6.42 Å². The van der Waals surface area contributed by atoms with Gasteiger partial charge in [-0.05, 0) is 31.4 Å². The van der Waals surface area contributed by atoms with Gasteiger partial charge in [0, 0.05) is 6.54 Å². The first-order chi connectivity index (χ1) is 8.40. The van der Waals surface area contributed by atoms with Crippen molar-refractivity contribution in [3.8, 4) is 0 Å². The predicted molar refractivity (Wildman–Crippen MR) is 67.5 cm³/mol. The summed E-state index contributed by atoms with van der Waals surface area (Å²) >= 11 is 0. The molecule has 2 atom stereocenters. The van der Waals surface area contributed by atoms with Gasteiger partial charge in [0.1, 0.15) is 5.76 Å². The number of hydrogen-bond acceptors (Lipinski definition) is 4. The lowest BCUT2D eigenvalue weighted by molar-refractivity contribution is 0.0658. The molecule has 1 heterocycles. The first kappa shape index (κ1) is 14.7. The van der Waals surface area contributed by atoms with Gasteiger partial charge in [-0.2, -0.15) is 0 Å². The molecule has 0 spiro atoms. The molecule has 5 heteroatoms. The average molecular weight is 255 g/mol. The van der Waals surface area contributed by atoms with E-state index in [1.807, 2.05) is 6.92 Å². The Hall–Kier alpha value is -1.33. The van der Waals surface area contributed by atoms with Gasteiger partial charge in [-0.1, -0.05) is 13.8 Å². The molecule has 0 aliphatic rings. The van der Waals surface area contributed by atoms with E-state index in [0.29, 0.717) is 18.2 Å². The maximum Gasteiger partial charge on any atom is 0.371 e. The summed E-state index contributed by atoms with van der Waals surface area (Å²) in [5.41, 5.74) is 0. The molecule has 0 saturated carbocycles. The van der Waals surface area contributed by atoms with Gasteiger partial charge in [-0.25, -0.2) is 4.79 Å². The largest absolute Gasteiger partial charge is 0.475 e. The van der Waals surface area contributed by atoms with Gasteiger partial charge in [0.2, 0.25) is 5.76 Å². The molecule has 1 rings (SSSR count). The van der Waals surface area contributed by atoms with Gasteiger partial charge < -0.3 is 19.9 Å². The third kappa shape index (κ3) is 4.50. The fourth-order valence-electron chi connectivity index (χ4n) is 1.74. The Balaban J connectivity index is 2.44. The van der Waals surface area contributed by atoms with E-state index >= 15 is 0 Å². The molecular formula is C13H21NO4. The van der Waals surface area contributed by atoms with Gasteiger partial charge in [-0.3, -0.25) is 0 Å². The quantitative estimate of drug-likeness (QED) is 0.694. The van der Waals surface area contributed by atoms with E-state index in [4.69, 9.17) is 9.52 Å². The first-order valence-electron chi connectivity index (χ1n) is 6.14. The third-order valence-electron chi connectivity index (χ3n) is 2.67. The van der Waals surface area contributed by atoms with Gasteiger partial charge in [0.15, 0.2) is 0 Å². The summed E-state index contributed by atoms with van der Waals surface area (Å²) in [4.78, 5) is 10.7. The molecule has 0 fully saturated rings. The lowest BCUT2D eigenvalue weighted by Gasteiger charge is -2.17. The number of hydrogen-bond donors (Lipinski definition) is 3. The van der Waals surface area contributed by atoms with Crippen molar-refractivity contribution in [3.05, 3.63) is 23.7 Å². The van der Waals surface area contributed by atoms with Crippen LogP contribution in [-0.2, 0) is 0 Å². The minimum absolute atomic E-state index is 0.0682. The summed E-state index contributed by atoms with van der Waals surface area (Å²) in [7, 11) is 0. The molecule has 18 heavy (non-hydrogen) atoms. The van der Waals surface area contributed by atoms with Crippen LogP contribution < -0.4 is 5.32 Å². The highest BCUT2D eigenvalue weighted by Gasteiger charge is 2.15. The van der Waals surface area contributed by atoms with E-state index < -0.39 is 12.1 Å². The lowest BCUT2D eigenvalue weighted by Crippen LogP contribution is -2.29. The Morgan fingerprint density at radius 1 is 1.39 bits per heavy atom. The molecular weight excluding hydrogens is 234 g/mol. The summed E-state index contributed by atoms with van der Waals surface area (Å²) in [6, 6.07) is 2.94. The number of aliphatic hydroxyl groups excluding tert-OH is 1. The van der Waals surface area contributed by atoms with E-state index in [1.165, 1.54) is 6.07 Å². The van der Waals surface area contributed by atoms with Crippen LogP contribution in [0.3, 0.4) is 0 Å². The first-order valence-corrected chi connectivity index (χ1v) is 6.14. The molecule has 1 aromatic heterocycles. The van der Waals surface area contributed by atoms with Crippen LogP contribution in [0.1, 0.15) is 49.5 Å². The van der Waals surface area contributed by atoms with Crippen LogP contribution in [-0.4, -0.2) is 28.8 Å². The maximum atomic E-state index is 10.7. The van der Waals surface area contributed by atoms with E-state index in [1.54, 1.807) is 6.07 Å². The molecule has 0 aromatic carbocycles. The van der Waals surface area contributed by atoms with Crippen LogP contribution in [0, 0.1) is 5.92 Å². The van der Waals surface area contributed by atoms with Crippen molar-refractivity contribution in [2.45, 2.75) is 39.3 Å². The van der Waals surface area contributed by atoms with Crippen molar-refractivity contribution in [2.75, 3.05) is 6.54 Å². The average Bonchev–Trinajstić information content (AvgIpc) is 2.74. The van der Waals surface area contributed by atoms with Gasteiger partial charge in [0.05, 0.1) is 12.1 Å². The number of aliphatic hydroxyl groups is 1. The summed E-state index contributed by atoms with van der Waals surface area (Å²) in [5, 5.41) is 21.6. The van der Waals surface area contributed by atoms with Crippen molar-refractivity contribution in [3.63, 3.8) is 0 Å². The van der Waals surface area contributed by atoms with Gasteiger partial charge >= 0.3 is 5.97 Å². The molecule has 102 valence electrons. The number of aromatic carboxylic acids is 1. The highest BCUT2D eigenvalue weighted by molar-refractivity contribution is 5.84. The Kier molecular flexibility index (Phi) is 5.37. The Labute approximate surface area is 107 Å². The second-order valence-electron chi connectivity index (χ2n) is 4.92. The monoisotopic (exact) mass is 255 g/mol. The van der Waals surface area contributed by atoms with Crippen LogP contribution >= 0.6 is 0 Å². The Morgan fingerprint density at radius 3 is 2.56 bits per heavy atom. The molecule has 0 radical (unpaired) electrons. The molecule has 2 unspecified atom stereocenters. The normalized spacial score (nSPS) is 14.7. The fourth-order valence-corrected chi connectivity index (χ4v) is 1.74. The third-order valence-corrected chi connectivity index (χ3v) is 2.67. The topological polar surface area (TPSA) is 82.7 Å². The standard InChI is InChI=1S/C13H21NO4/c1-8(2)6-10(15)7-14-9(3)11-4-5-12(18-11)13(16)17/h4-5,8-10,14-15H,6-7H2,1-3H3,(H,16,17). The van der Waals surface area contributed by atoms with Crippen molar-refractivity contribution in [2.24, 2.45) is 5.92 Å². The SMILES string of the molecule is CC(C)CC(O)CNC(C)c1ccc(C(=O)O)o1. The second-order valence-corrected chi connectivity index (χ2v) is 4.92. The van der Waals surface area contributed by atoms with Crippen LogP contribution in [0.25, 0.3) is 0 Å². The van der Waals surface area contributed by atoms with Crippen molar-refractivity contribution >= 4 is 5.97 Å². The van der Waals surface area contributed by atoms with Crippen LogP contribution in [0.5, 0.6) is 0 Å². The highest BCUT2D eigenvalue weighted by atomic mass is 16.4. The highest BCUT2D eigenvalue weighted by Crippen LogP contribution is 2.16. The van der Waals surface area contributed by atoms with Crippen LogP contribution in [0.4, 0.5) is 0 Å². The van der Waals surface area contributed by atoms with E-state index in [2.05, 4.69) is 19.2 Å². The molecule has 0 amide bonds. The van der Waals surface area contributed by atoms with Crippen molar-refractivity contribution in [1.82, 2.24) is 5.32 Å². The minimum atomic E-state index is -1.08. The molecule has 1 aromatic rings. The predicted octanol–water partition coefficient (Wildman–Crippen LogP) is 2.04. The lowest BCUT2D eigenvalue weighted by atomic mass is 10.1. The zero-order valence-electron chi connectivity index (χ0n) is 11.0. The summed E-state index contributed by atoms with van der Waals surface area (Å²) in [6.45, 7) is 6.44. The molecule has 0 aliphatic heterocycles. The summed E-state index contributed by atoms with van der Waals surface area (Å²) in [5.74, 6) is -0.141. The number of carboxylic acid groups (broad SMARTS) is 1. The van der Waals surface area contributed by atoms with Gasteiger partial charge in [0.25, 0.3) is 0 Å². The van der Waals surface area contributed by atoms with E-state index in [-0.39, 0.29) is 11.8 Å². The Morgan fingerprint density at radius 2 is 2.06 bits per heavy atom. The smallest absolute Gasteiger partial charge is 0.371 e. The number of nitrogens with one attached hydrogen (secondary N) is 1. The number of carbonyl (C=O) groups is 1. The maximum absolute atomic E-state index is 10.7. The number of rotatable bonds is 7. The molecule has 5 nitrogen and oxygen atoms in total. The second kappa shape index (κ2) is 6.56.